The summed E-state index contributed by atoms with van der Waals surface area (Å²) >= 11 is 0. The van der Waals surface area contributed by atoms with Crippen LogP contribution >= 0.6 is 0 Å². The SMILES string of the molecule is CC(=O)OCC(C)[C@@H](C)C=C[C@@H](C)[C@H]1CC[C@H]2C3=CCC4CCCC[C@]4(C)[C@H]3CC[C@]12C. The molecular formula is C30H48O2. The van der Waals surface area contributed by atoms with Crippen LogP contribution in [0.25, 0.3) is 0 Å². The summed E-state index contributed by atoms with van der Waals surface area (Å²) in [4.78, 5) is 11.1. The number of carbonyl (C=O) groups excluding carboxylic acids is 1. The normalized spacial score (nSPS) is 41.8. The average Bonchev–Trinajstić information content (AvgIpc) is 3.12. The molecule has 0 spiro atoms. The van der Waals surface area contributed by atoms with Crippen molar-refractivity contribution in [2.45, 2.75) is 99.3 Å². The van der Waals surface area contributed by atoms with Crippen LogP contribution in [0.2, 0.25) is 0 Å². The highest BCUT2D eigenvalue weighted by atomic mass is 16.5. The van der Waals surface area contributed by atoms with Crippen LogP contribution in [0.5, 0.6) is 0 Å². The van der Waals surface area contributed by atoms with Crippen molar-refractivity contribution in [3.8, 4) is 0 Å². The number of esters is 1. The number of allylic oxidation sites excluding steroid dienone is 4. The first-order valence-electron chi connectivity index (χ1n) is 13.7. The summed E-state index contributed by atoms with van der Waals surface area (Å²) in [6.07, 6.45) is 20.5. The predicted molar refractivity (Wildman–Crippen MR) is 133 cm³/mol. The second-order valence-corrected chi connectivity index (χ2v) is 12.6. The molecule has 4 rings (SSSR count). The van der Waals surface area contributed by atoms with Crippen molar-refractivity contribution >= 4 is 5.97 Å². The fourth-order valence-electron chi connectivity index (χ4n) is 8.52. The molecule has 0 aromatic carbocycles. The fourth-order valence-corrected chi connectivity index (χ4v) is 8.52. The minimum Gasteiger partial charge on any atom is -0.466 e. The molecule has 0 bridgehead atoms. The van der Waals surface area contributed by atoms with Crippen molar-refractivity contribution in [2.24, 2.45) is 52.3 Å². The van der Waals surface area contributed by atoms with Crippen LogP contribution in [0.4, 0.5) is 0 Å². The van der Waals surface area contributed by atoms with Gasteiger partial charge in [0.15, 0.2) is 0 Å². The van der Waals surface area contributed by atoms with E-state index in [4.69, 9.17) is 4.74 Å². The van der Waals surface area contributed by atoms with Gasteiger partial charge in [-0.25, -0.2) is 0 Å². The second kappa shape index (κ2) is 9.30. The third kappa shape index (κ3) is 4.25. The molecule has 3 fully saturated rings. The highest BCUT2D eigenvalue weighted by Gasteiger charge is 2.57. The van der Waals surface area contributed by atoms with E-state index in [-0.39, 0.29) is 5.97 Å². The van der Waals surface area contributed by atoms with E-state index in [0.717, 1.165) is 23.7 Å². The van der Waals surface area contributed by atoms with E-state index in [0.29, 0.717) is 35.2 Å². The number of hydrogen-bond acceptors (Lipinski definition) is 2. The molecule has 0 aromatic heterocycles. The van der Waals surface area contributed by atoms with Gasteiger partial charge < -0.3 is 4.74 Å². The fraction of sp³-hybridized carbons (Fsp3) is 0.833. The smallest absolute Gasteiger partial charge is 0.302 e. The van der Waals surface area contributed by atoms with Gasteiger partial charge in [-0.3, -0.25) is 4.79 Å². The third-order valence-corrected chi connectivity index (χ3v) is 10.9. The van der Waals surface area contributed by atoms with Crippen LogP contribution in [0.1, 0.15) is 99.3 Å². The van der Waals surface area contributed by atoms with E-state index >= 15 is 0 Å². The van der Waals surface area contributed by atoms with Crippen molar-refractivity contribution < 1.29 is 9.53 Å². The van der Waals surface area contributed by atoms with Crippen molar-refractivity contribution in [3.05, 3.63) is 23.8 Å². The third-order valence-electron chi connectivity index (χ3n) is 10.9. The van der Waals surface area contributed by atoms with Crippen LogP contribution in [0, 0.1) is 52.3 Å². The quantitative estimate of drug-likeness (QED) is 0.309. The van der Waals surface area contributed by atoms with E-state index < -0.39 is 0 Å². The molecule has 4 aliphatic carbocycles. The van der Waals surface area contributed by atoms with Gasteiger partial charge in [-0.2, -0.15) is 0 Å². The Labute approximate surface area is 197 Å². The molecule has 2 unspecified atom stereocenters. The lowest BCUT2D eigenvalue weighted by Gasteiger charge is -2.57. The van der Waals surface area contributed by atoms with E-state index in [1.54, 1.807) is 0 Å². The average molecular weight is 441 g/mol. The molecule has 9 atom stereocenters. The lowest BCUT2D eigenvalue weighted by molar-refractivity contribution is -0.142. The Morgan fingerprint density at radius 1 is 1.03 bits per heavy atom. The molecule has 32 heavy (non-hydrogen) atoms. The molecule has 0 radical (unpaired) electrons. The molecule has 3 saturated carbocycles. The van der Waals surface area contributed by atoms with Gasteiger partial charge >= 0.3 is 5.97 Å². The lowest BCUT2D eigenvalue weighted by atomic mass is 9.48. The van der Waals surface area contributed by atoms with Gasteiger partial charge in [0.25, 0.3) is 0 Å². The zero-order valence-corrected chi connectivity index (χ0v) is 21.7. The molecule has 0 aliphatic heterocycles. The predicted octanol–water partition coefficient (Wildman–Crippen LogP) is 7.98. The Hall–Kier alpha value is -1.05. The summed E-state index contributed by atoms with van der Waals surface area (Å²) in [7, 11) is 0. The molecule has 180 valence electrons. The van der Waals surface area contributed by atoms with Gasteiger partial charge in [0.1, 0.15) is 0 Å². The Balaban J connectivity index is 1.44. The van der Waals surface area contributed by atoms with Crippen LogP contribution in [-0.4, -0.2) is 12.6 Å². The number of fused-ring (bicyclic) bond motifs is 5. The van der Waals surface area contributed by atoms with Gasteiger partial charge in [-0.1, -0.05) is 71.3 Å². The summed E-state index contributed by atoms with van der Waals surface area (Å²) < 4.78 is 5.24. The Morgan fingerprint density at radius 3 is 2.53 bits per heavy atom. The molecule has 2 heteroatoms. The molecule has 0 N–H and O–H groups in total. The molecule has 0 aromatic rings. The van der Waals surface area contributed by atoms with Gasteiger partial charge in [-0.15, -0.1) is 0 Å². The van der Waals surface area contributed by atoms with Crippen LogP contribution in [0.3, 0.4) is 0 Å². The molecule has 0 amide bonds. The van der Waals surface area contributed by atoms with Crippen LogP contribution in [-0.2, 0) is 9.53 Å². The highest BCUT2D eigenvalue weighted by molar-refractivity contribution is 5.65. The van der Waals surface area contributed by atoms with E-state index in [1.807, 2.05) is 5.57 Å². The highest BCUT2D eigenvalue weighted by Crippen LogP contribution is 2.66. The summed E-state index contributed by atoms with van der Waals surface area (Å²) in [5.41, 5.74) is 2.94. The van der Waals surface area contributed by atoms with Crippen molar-refractivity contribution in [2.75, 3.05) is 6.61 Å². The van der Waals surface area contributed by atoms with Crippen molar-refractivity contribution in [1.29, 1.82) is 0 Å². The Morgan fingerprint density at radius 2 is 1.78 bits per heavy atom. The number of carbonyl (C=O) groups is 1. The van der Waals surface area contributed by atoms with Gasteiger partial charge in [0.2, 0.25) is 0 Å². The van der Waals surface area contributed by atoms with Gasteiger partial charge in [0.05, 0.1) is 6.61 Å². The molecule has 4 aliphatic rings. The first kappa shape index (κ1) is 24.1. The zero-order chi connectivity index (χ0) is 23.1. The van der Waals surface area contributed by atoms with Crippen LogP contribution < -0.4 is 0 Å². The molecular weight excluding hydrogens is 392 g/mol. The standard InChI is InChI=1S/C30H48O2/c1-20(22(3)19-32-23(4)31)10-11-21(2)26-14-15-27-25-13-12-24-9-7-8-17-29(24,5)28(25)16-18-30(26,27)6/h10-11,13,20-22,24,26-28H,7-9,12,14-19H2,1-6H3/t20-,21+,22?,24?,26+,27-,28-,29-,30+/m0/s1. The second-order valence-electron chi connectivity index (χ2n) is 12.6. The van der Waals surface area contributed by atoms with Gasteiger partial charge in [-0.05, 0) is 97.2 Å². The minimum absolute atomic E-state index is 0.174. The maximum Gasteiger partial charge on any atom is 0.302 e. The Kier molecular flexibility index (Phi) is 7.00. The van der Waals surface area contributed by atoms with Crippen molar-refractivity contribution in [3.63, 3.8) is 0 Å². The summed E-state index contributed by atoms with van der Waals surface area (Å²) in [5.74, 6) is 4.67. The molecule has 0 heterocycles. The molecule has 2 nitrogen and oxygen atoms in total. The van der Waals surface area contributed by atoms with E-state index in [2.05, 4.69) is 52.8 Å². The summed E-state index contributed by atoms with van der Waals surface area (Å²) in [5, 5.41) is 0. The monoisotopic (exact) mass is 440 g/mol. The van der Waals surface area contributed by atoms with Gasteiger partial charge in [0, 0.05) is 6.92 Å². The first-order chi connectivity index (χ1) is 15.2. The Bertz CT molecular complexity index is 750. The maximum absolute atomic E-state index is 11.1. The molecule has 0 saturated heterocycles. The van der Waals surface area contributed by atoms with Crippen LogP contribution in [0.15, 0.2) is 23.8 Å². The lowest BCUT2D eigenvalue weighted by Crippen LogP contribution is -2.48. The minimum atomic E-state index is -0.174. The number of ether oxygens (including phenoxy) is 1. The maximum atomic E-state index is 11.1. The van der Waals surface area contributed by atoms with E-state index in [9.17, 15) is 4.79 Å². The number of rotatable bonds is 6. The largest absolute Gasteiger partial charge is 0.466 e. The zero-order valence-electron chi connectivity index (χ0n) is 21.7. The number of hydrogen-bond donors (Lipinski definition) is 0. The summed E-state index contributed by atoms with van der Waals surface area (Å²) in [6, 6.07) is 0. The van der Waals surface area contributed by atoms with Crippen molar-refractivity contribution in [1.82, 2.24) is 0 Å². The first-order valence-corrected chi connectivity index (χ1v) is 13.7. The topological polar surface area (TPSA) is 26.3 Å². The van der Waals surface area contributed by atoms with E-state index in [1.165, 1.54) is 64.7 Å². The summed E-state index contributed by atoms with van der Waals surface area (Å²) in [6.45, 7) is 14.2.